The lowest BCUT2D eigenvalue weighted by atomic mass is 10.1. The average Bonchev–Trinajstić information content (AvgIpc) is 2.81. The molecule has 3 aromatic rings. The number of halogens is 3. The number of amides is 2. The Bertz CT molecular complexity index is 1100. The smallest absolute Gasteiger partial charge is 0.416 e. The maximum atomic E-state index is 12.6. The molecule has 2 N–H and O–H groups in total. The van der Waals surface area contributed by atoms with Crippen LogP contribution in [-0.2, 0) is 24.1 Å². The third-order valence-corrected chi connectivity index (χ3v) is 4.44. The lowest BCUT2D eigenvalue weighted by molar-refractivity contribution is -0.137. The number of hydrogen-bond acceptors (Lipinski definition) is 5. The van der Waals surface area contributed by atoms with Gasteiger partial charge in [-0.1, -0.05) is 24.3 Å². The Hall–Kier alpha value is -4.08. The first kappa shape index (κ1) is 23.6. The summed E-state index contributed by atoms with van der Waals surface area (Å²) in [5, 5.41) is 5.05. The second-order valence-corrected chi connectivity index (χ2v) is 6.83. The van der Waals surface area contributed by atoms with Gasteiger partial charge in [0.15, 0.2) is 0 Å². The van der Waals surface area contributed by atoms with E-state index in [0.717, 1.165) is 17.7 Å². The number of alkyl carbamates (subject to hydrolysis) is 1. The predicted octanol–water partition coefficient (Wildman–Crippen LogP) is 4.68. The molecule has 0 aliphatic heterocycles. The van der Waals surface area contributed by atoms with Gasteiger partial charge in [-0.15, -0.1) is 0 Å². The zero-order valence-corrected chi connectivity index (χ0v) is 17.5. The Kier molecular flexibility index (Phi) is 7.50. The molecule has 10 heteroatoms. The van der Waals surface area contributed by atoms with E-state index in [9.17, 15) is 22.8 Å². The summed E-state index contributed by atoms with van der Waals surface area (Å²) >= 11 is 0. The second kappa shape index (κ2) is 10.5. The number of pyridine rings is 1. The summed E-state index contributed by atoms with van der Waals surface area (Å²) in [4.78, 5) is 27.5. The van der Waals surface area contributed by atoms with E-state index in [4.69, 9.17) is 9.47 Å². The lowest BCUT2D eigenvalue weighted by Crippen LogP contribution is -2.23. The first-order valence-electron chi connectivity index (χ1n) is 9.76. The van der Waals surface area contributed by atoms with Gasteiger partial charge in [0, 0.05) is 25.9 Å². The number of carbonyl (C=O) groups excluding carboxylic acids is 2. The van der Waals surface area contributed by atoms with Gasteiger partial charge in [0.25, 0.3) is 5.91 Å². The standard InChI is InChI=1S/C23H20F3N3O4/c1-27-21(30)20-12-19(10-11-28-20)33-18-8-4-15(5-9-18)13-29-22(31)32-14-16-2-6-17(7-3-16)23(24,25)26/h2-12H,13-14H2,1H3,(H,27,30)(H,29,31). The number of alkyl halides is 3. The minimum atomic E-state index is -4.41. The van der Waals surface area contributed by atoms with Gasteiger partial charge in [0.2, 0.25) is 0 Å². The van der Waals surface area contributed by atoms with Crippen LogP contribution >= 0.6 is 0 Å². The zero-order valence-electron chi connectivity index (χ0n) is 17.5. The number of benzene rings is 2. The van der Waals surface area contributed by atoms with E-state index in [1.807, 2.05) is 0 Å². The number of aromatic nitrogens is 1. The fourth-order valence-corrected chi connectivity index (χ4v) is 2.70. The molecular weight excluding hydrogens is 439 g/mol. The van der Waals surface area contributed by atoms with Gasteiger partial charge in [0.05, 0.1) is 5.56 Å². The lowest BCUT2D eigenvalue weighted by Gasteiger charge is -2.10. The van der Waals surface area contributed by atoms with Gasteiger partial charge in [-0.2, -0.15) is 13.2 Å². The van der Waals surface area contributed by atoms with E-state index in [0.29, 0.717) is 17.1 Å². The van der Waals surface area contributed by atoms with Crippen molar-refractivity contribution in [1.82, 2.24) is 15.6 Å². The SMILES string of the molecule is CNC(=O)c1cc(Oc2ccc(CNC(=O)OCc3ccc(C(F)(F)F)cc3)cc2)ccn1. The van der Waals surface area contributed by atoms with E-state index in [1.54, 1.807) is 30.3 Å². The van der Waals surface area contributed by atoms with Crippen molar-refractivity contribution >= 4 is 12.0 Å². The van der Waals surface area contributed by atoms with Gasteiger partial charge >= 0.3 is 12.3 Å². The highest BCUT2D eigenvalue weighted by Gasteiger charge is 2.29. The Balaban J connectivity index is 1.46. The van der Waals surface area contributed by atoms with E-state index in [-0.39, 0.29) is 24.8 Å². The van der Waals surface area contributed by atoms with E-state index in [1.165, 1.54) is 31.4 Å². The third kappa shape index (κ3) is 6.96. The van der Waals surface area contributed by atoms with Crippen LogP contribution in [0.15, 0.2) is 66.9 Å². The number of nitrogens with one attached hydrogen (secondary N) is 2. The quantitative estimate of drug-likeness (QED) is 0.536. The van der Waals surface area contributed by atoms with Crippen molar-refractivity contribution in [2.75, 3.05) is 7.05 Å². The minimum Gasteiger partial charge on any atom is -0.457 e. The monoisotopic (exact) mass is 459 g/mol. The molecule has 2 aromatic carbocycles. The molecule has 33 heavy (non-hydrogen) atoms. The summed E-state index contributed by atoms with van der Waals surface area (Å²) in [6.45, 7) is 0.0307. The van der Waals surface area contributed by atoms with Crippen molar-refractivity contribution in [3.63, 3.8) is 0 Å². The van der Waals surface area contributed by atoms with Crippen LogP contribution in [0, 0.1) is 0 Å². The highest BCUT2D eigenvalue weighted by Crippen LogP contribution is 2.29. The van der Waals surface area contributed by atoms with Crippen LogP contribution in [-0.4, -0.2) is 24.0 Å². The molecule has 0 spiro atoms. The molecule has 2 amide bonds. The molecule has 0 aliphatic carbocycles. The van der Waals surface area contributed by atoms with Gasteiger partial charge in [-0.3, -0.25) is 9.78 Å². The van der Waals surface area contributed by atoms with Gasteiger partial charge in [-0.05, 0) is 41.5 Å². The Labute approximate surface area is 187 Å². The molecule has 0 fully saturated rings. The molecule has 0 saturated carbocycles. The summed E-state index contributed by atoms with van der Waals surface area (Å²) in [7, 11) is 1.51. The van der Waals surface area contributed by atoms with Crippen molar-refractivity contribution < 1.29 is 32.2 Å². The van der Waals surface area contributed by atoms with Crippen LogP contribution in [0.5, 0.6) is 11.5 Å². The minimum absolute atomic E-state index is 0.152. The largest absolute Gasteiger partial charge is 0.457 e. The molecule has 0 atom stereocenters. The van der Waals surface area contributed by atoms with Crippen LogP contribution in [0.25, 0.3) is 0 Å². The first-order valence-corrected chi connectivity index (χ1v) is 9.76. The van der Waals surface area contributed by atoms with E-state index >= 15 is 0 Å². The average molecular weight is 459 g/mol. The molecule has 0 saturated heterocycles. The van der Waals surface area contributed by atoms with Gasteiger partial charge in [-0.25, -0.2) is 4.79 Å². The van der Waals surface area contributed by atoms with Crippen molar-refractivity contribution in [1.29, 1.82) is 0 Å². The van der Waals surface area contributed by atoms with Crippen molar-refractivity contribution in [3.8, 4) is 11.5 Å². The highest BCUT2D eigenvalue weighted by atomic mass is 19.4. The number of ether oxygens (including phenoxy) is 2. The molecule has 172 valence electrons. The normalized spacial score (nSPS) is 10.9. The summed E-state index contributed by atoms with van der Waals surface area (Å²) in [6.07, 6.45) is -3.65. The molecular formula is C23H20F3N3O4. The number of rotatable bonds is 7. The number of hydrogen-bond donors (Lipinski definition) is 2. The van der Waals surface area contributed by atoms with Crippen molar-refractivity contribution in [2.45, 2.75) is 19.3 Å². The summed E-state index contributed by atoms with van der Waals surface area (Å²) < 4.78 is 48.4. The van der Waals surface area contributed by atoms with Gasteiger partial charge < -0.3 is 20.1 Å². The Morgan fingerprint density at radius 3 is 2.24 bits per heavy atom. The molecule has 3 rings (SSSR count). The topological polar surface area (TPSA) is 89.6 Å². The van der Waals surface area contributed by atoms with Crippen LogP contribution in [0.4, 0.5) is 18.0 Å². The van der Waals surface area contributed by atoms with Crippen molar-refractivity contribution in [2.24, 2.45) is 0 Å². The maximum Gasteiger partial charge on any atom is 0.416 e. The van der Waals surface area contributed by atoms with Crippen molar-refractivity contribution in [3.05, 3.63) is 89.2 Å². The fraction of sp³-hybridized carbons (Fsp3) is 0.174. The molecule has 1 heterocycles. The maximum absolute atomic E-state index is 12.6. The number of nitrogens with zero attached hydrogens (tertiary/aromatic N) is 1. The number of carbonyl (C=O) groups is 2. The Morgan fingerprint density at radius 2 is 1.61 bits per heavy atom. The van der Waals surface area contributed by atoms with E-state index in [2.05, 4.69) is 15.6 Å². The van der Waals surface area contributed by atoms with E-state index < -0.39 is 17.8 Å². The third-order valence-electron chi connectivity index (χ3n) is 4.44. The molecule has 0 aliphatic rings. The second-order valence-electron chi connectivity index (χ2n) is 6.83. The summed E-state index contributed by atoms with van der Waals surface area (Å²) in [6, 6.07) is 14.4. The fourth-order valence-electron chi connectivity index (χ4n) is 2.70. The zero-order chi connectivity index (χ0) is 23.8. The highest BCUT2D eigenvalue weighted by molar-refractivity contribution is 5.92. The Morgan fingerprint density at radius 1 is 0.939 bits per heavy atom. The van der Waals surface area contributed by atoms with Crippen LogP contribution in [0.3, 0.4) is 0 Å². The van der Waals surface area contributed by atoms with Gasteiger partial charge in [0.1, 0.15) is 23.8 Å². The predicted molar refractivity (Wildman–Crippen MR) is 113 cm³/mol. The summed E-state index contributed by atoms with van der Waals surface area (Å²) in [5.74, 6) is 0.645. The van der Waals surface area contributed by atoms with Crippen LogP contribution < -0.4 is 15.4 Å². The molecule has 0 bridgehead atoms. The molecule has 0 radical (unpaired) electrons. The summed E-state index contributed by atoms with van der Waals surface area (Å²) in [5.41, 5.74) is 0.675. The van der Waals surface area contributed by atoms with Crippen LogP contribution in [0.2, 0.25) is 0 Å². The first-order chi connectivity index (χ1) is 15.7. The molecule has 0 unspecified atom stereocenters. The van der Waals surface area contributed by atoms with Crippen LogP contribution in [0.1, 0.15) is 27.2 Å². The molecule has 1 aromatic heterocycles. The molecule has 7 nitrogen and oxygen atoms in total.